The number of ether oxygens (including phenoxy) is 2. The van der Waals surface area contributed by atoms with Crippen molar-refractivity contribution < 1.29 is 80.6 Å². The fraction of sp³-hybridized carbons (Fsp3) is 0.396. The number of carbonyl (C=O) groups is 2. The van der Waals surface area contributed by atoms with E-state index in [-0.39, 0.29) is 67.5 Å². The van der Waals surface area contributed by atoms with Gasteiger partial charge in [-0.1, -0.05) is 24.3 Å². The van der Waals surface area contributed by atoms with Gasteiger partial charge in [0.1, 0.15) is 36.9 Å². The van der Waals surface area contributed by atoms with Gasteiger partial charge in [-0.05, 0) is 116 Å². The first kappa shape index (κ1) is 55.9. The number of benzene rings is 4. The highest BCUT2D eigenvalue weighted by atomic mass is 32.2. The second-order valence-corrected chi connectivity index (χ2v) is 23.7. The number of fused-ring (bicyclic) bond motifs is 6. The summed E-state index contributed by atoms with van der Waals surface area (Å²) in [7, 11) is -17.6. The van der Waals surface area contributed by atoms with Crippen molar-refractivity contribution in [3.05, 3.63) is 101 Å². The van der Waals surface area contributed by atoms with E-state index in [9.17, 15) is 66.6 Å². The summed E-state index contributed by atoms with van der Waals surface area (Å²) < 4.78 is 161. The first-order valence-corrected chi connectivity index (χ1v) is 28.4. The molecule has 6 rings (SSSR count). The molecule has 2 aliphatic heterocycles. The van der Waals surface area contributed by atoms with E-state index in [1.165, 1.54) is 32.4 Å². The number of nitrogens with zero attached hydrogens (tertiary/aromatic N) is 2. The Kier molecular flexibility index (Phi) is 16.8. The summed E-state index contributed by atoms with van der Waals surface area (Å²) in [5.41, 5.74) is 0.832. The molecule has 2 aliphatic rings. The zero-order valence-corrected chi connectivity index (χ0v) is 43.3. The Balaban J connectivity index is 1.51. The van der Waals surface area contributed by atoms with Crippen LogP contribution in [0, 0.1) is 0 Å². The van der Waals surface area contributed by atoms with Crippen LogP contribution in [0.25, 0.3) is 21.5 Å². The average molecular weight is 1070 g/mol. The number of unbranched alkanes of at least 4 members (excludes halogenated alkanes) is 2. The molecule has 24 heteroatoms. The van der Waals surface area contributed by atoms with Gasteiger partial charge in [0.05, 0.1) is 43.4 Å². The van der Waals surface area contributed by atoms with Crippen LogP contribution in [0.3, 0.4) is 0 Å². The van der Waals surface area contributed by atoms with Crippen molar-refractivity contribution in [3.63, 3.8) is 0 Å². The van der Waals surface area contributed by atoms with Gasteiger partial charge in [0, 0.05) is 86.0 Å². The molecular weight excluding hydrogens is 1020 g/mol. The molecule has 1 unspecified atom stereocenters. The summed E-state index contributed by atoms with van der Waals surface area (Å²) in [5.74, 6) is -2.34. The molecule has 0 saturated carbocycles. The highest BCUT2D eigenvalue weighted by Gasteiger charge is 2.47. The molecule has 20 nitrogen and oxygen atoms in total. The van der Waals surface area contributed by atoms with Crippen molar-refractivity contribution >= 4 is 91.0 Å². The maximum Gasteiger partial charge on any atom is 0.303 e. The molecule has 0 bridgehead atoms. The lowest BCUT2D eigenvalue weighted by Gasteiger charge is -2.31. The number of hydrogen-bond donors (Lipinski definition) is 2. The lowest BCUT2D eigenvalue weighted by Crippen LogP contribution is -2.31. The van der Waals surface area contributed by atoms with E-state index in [1.807, 2.05) is 24.5 Å². The van der Waals surface area contributed by atoms with Crippen LogP contribution in [-0.2, 0) is 65.6 Å². The Morgan fingerprint density at radius 2 is 1.38 bits per heavy atom. The molecule has 0 fully saturated rings. The SMILES string of the molecule is COCCNC(=O)c1cc(S(=O)(=O)[O-])cc2c3c(ccc12)[N+](CCCCCC(=O)O)=C(/C=C/C=C/C=C1/N(CCOC)c2ccc4c(S(=O)(=O)[O-])cc(S(=O)(=O)[O-])cc4c2C1(C)CCCS(=O)(=O)[O-])C3(C)C. The highest BCUT2D eigenvalue weighted by molar-refractivity contribution is 7.87. The van der Waals surface area contributed by atoms with E-state index in [0.29, 0.717) is 71.0 Å². The van der Waals surface area contributed by atoms with Gasteiger partial charge < -0.3 is 43.0 Å². The van der Waals surface area contributed by atoms with E-state index >= 15 is 0 Å². The molecular formula is C48H54N3O17S4-3. The van der Waals surface area contributed by atoms with Gasteiger partial charge in [-0.15, -0.1) is 0 Å². The van der Waals surface area contributed by atoms with Gasteiger partial charge in [0.25, 0.3) is 5.91 Å². The number of aliphatic carboxylic acids is 1. The largest absolute Gasteiger partial charge is 0.748 e. The summed E-state index contributed by atoms with van der Waals surface area (Å²) in [5, 5.41) is 12.4. The van der Waals surface area contributed by atoms with E-state index in [1.54, 1.807) is 48.3 Å². The topological polar surface area (TPSA) is 320 Å². The third-order valence-corrected chi connectivity index (χ3v) is 16.2. The molecule has 0 saturated heterocycles. The zero-order chi connectivity index (χ0) is 53.2. The molecule has 1 amide bonds. The maximum absolute atomic E-state index is 13.5. The van der Waals surface area contributed by atoms with Gasteiger partial charge in [-0.25, -0.2) is 33.7 Å². The zero-order valence-electron chi connectivity index (χ0n) is 40.0. The molecule has 2 N–H and O–H groups in total. The first-order chi connectivity index (χ1) is 33.6. The number of methoxy groups -OCH3 is 2. The Morgan fingerprint density at radius 1 is 0.736 bits per heavy atom. The maximum atomic E-state index is 13.5. The van der Waals surface area contributed by atoms with Crippen molar-refractivity contribution in [1.82, 2.24) is 5.32 Å². The van der Waals surface area contributed by atoms with E-state index in [0.717, 1.165) is 12.1 Å². The molecule has 4 aromatic carbocycles. The molecule has 390 valence electrons. The van der Waals surface area contributed by atoms with Gasteiger partial charge in [-0.3, -0.25) is 9.59 Å². The lowest BCUT2D eigenvalue weighted by atomic mass is 9.75. The molecule has 0 aromatic heterocycles. The quantitative estimate of drug-likeness (QED) is 0.0434. The number of allylic oxidation sites excluding steroid dienone is 6. The highest BCUT2D eigenvalue weighted by Crippen LogP contribution is 2.54. The summed E-state index contributed by atoms with van der Waals surface area (Å²) in [6, 6.07) is 10.1. The number of carboxylic acids is 1. The van der Waals surface area contributed by atoms with E-state index in [4.69, 9.17) is 9.47 Å². The summed E-state index contributed by atoms with van der Waals surface area (Å²) in [4.78, 5) is 24.1. The normalized spacial score (nSPS) is 17.8. The fourth-order valence-electron chi connectivity index (χ4n) is 9.82. The van der Waals surface area contributed by atoms with Crippen LogP contribution in [0.1, 0.15) is 80.8 Å². The van der Waals surface area contributed by atoms with Crippen molar-refractivity contribution in [3.8, 4) is 0 Å². The Morgan fingerprint density at radius 3 is 1.99 bits per heavy atom. The minimum atomic E-state index is -5.37. The predicted molar refractivity (Wildman–Crippen MR) is 262 cm³/mol. The van der Waals surface area contributed by atoms with Gasteiger partial charge >= 0.3 is 5.97 Å². The fourth-order valence-corrected chi connectivity index (χ4v) is 12.2. The number of carbonyl (C=O) groups excluding carboxylic acids is 1. The summed E-state index contributed by atoms with van der Waals surface area (Å²) >= 11 is 0. The minimum absolute atomic E-state index is 0.0294. The van der Waals surface area contributed by atoms with Crippen LogP contribution in [0.4, 0.5) is 11.4 Å². The van der Waals surface area contributed by atoms with Crippen molar-refractivity contribution in [2.24, 2.45) is 0 Å². The predicted octanol–water partition coefficient (Wildman–Crippen LogP) is 4.85. The summed E-state index contributed by atoms with van der Waals surface area (Å²) in [6.07, 6.45) is 9.77. The molecule has 0 aliphatic carbocycles. The molecule has 4 aromatic rings. The number of nitrogens with one attached hydrogen (secondary N) is 1. The third-order valence-electron chi connectivity index (χ3n) is 13.0. The Hall–Kier alpha value is -5.41. The average Bonchev–Trinajstić information content (AvgIpc) is 3.64. The monoisotopic (exact) mass is 1070 g/mol. The first-order valence-electron chi connectivity index (χ1n) is 22.6. The van der Waals surface area contributed by atoms with Gasteiger partial charge in [0.2, 0.25) is 5.69 Å². The minimum Gasteiger partial charge on any atom is -0.748 e. The van der Waals surface area contributed by atoms with Crippen molar-refractivity contribution in [2.75, 3.05) is 57.7 Å². The van der Waals surface area contributed by atoms with Crippen LogP contribution in [0.5, 0.6) is 0 Å². The molecule has 0 spiro atoms. The number of carboxylic acid groups (broad SMARTS) is 1. The number of hydrogen-bond acceptors (Lipinski definition) is 17. The number of rotatable bonds is 23. The van der Waals surface area contributed by atoms with Crippen LogP contribution in [0.2, 0.25) is 0 Å². The smallest absolute Gasteiger partial charge is 0.303 e. The molecule has 72 heavy (non-hydrogen) atoms. The van der Waals surface area contributed by atoms with E-state index < -0.39 is 83.6 Å². The van der Waals surface area contributed by atoms with Gasteiger partial charge in [-0.2, -0.15) is 4.58 Å². The molecule has 0 radical (unpaired) electrons. The van der Waals surface area contributed by atoms with Gasteiger partial charge in [0.15, 0.2) is 5.71 Å². The number of anilines is 1. The summed E-state index contributed by atoms with van der Waals surface area (Å²) in [6.45, 7) is 6.41. The van der Waals surface area contributed by atoms with Crippen LogP contribution in [0.15, 0.2) is 99.3 Å². The van der Waals surface area contributed by atoms with Crippen LogP contribution >= 0.6 is 0 Å². The standard InChI is InChI=1S/C48H57N3O17S4/c1-47(2)41(50(22-11-7-10-15-43(52)53)38-18-16-33-35(44(38)47)27-31(70(58,59)60)29-37(33)46(54)49-21-24-67-4)13-8-6-9-14-42-48(3,20-12-26-69(55,56)57)45-36-28-32(71(61,62)63)30-40(72(64,65)66)34(36)17-19-39(45)51(42)23-25-68-5/h6,8-9,13-14,16-19,27-30H,7,10-12,15,20-26H2,1-5H3,(H5-,49,52,53,54,55,56,57,58,59,60,61,62,63,64,65,66)/p-3. The second-order valence-electron chi connectivity index (χ2n) is 18.1. The molecule has 2 heterocycles. The van der Waals surface area contributed by atoms with Crippen molar-refractivity contribution in [2.45, 2.75) is 84.8 Å². The second kappa shape index (κ2) is 21.6. The Labute approximate surface area is 418 Å². The lowest BCUT2D eigenvalue weighted by molar-refractivity contribution is -0.438. The number of amides is 1. The van der Waals surface area contributed by atoms with E-state index in [2.05, 4.69) is 5.32 Å². The van der Waals surface area contributed by atoms with Crippen LogP contribution in [-0.4, -0.2) is 132 Å². The Bertz CT molecular complexity index is 3420. The third kappa shape index (κ3) is 12.0. The van der Waals surface area contributed by atoms with Crippen LogP contribution < -0.4 is 10.2 Å². The molecule has 1 atom stereocenters. The van der Waals surface area contributed by atoms with Crippen molar-refractivity contribution in [1.29, 1.82) is 0 Å².